The SMILES string of the molecule is CC.[CH-]=CC=C(C)[C-]=C[N-]C=C1[C-]=CC=CC1.[CH3-].[CH3-].[CH3-].[Fe+5].[Y]. The van der Waals surface area contributed by atoms with Gasteiger partial charge < -0.3 is 27.6 Å². The van der Waals surface area contributed by atoms with E-state index in [1.807, 2.05) is 32.9 Å². The third-order valence-corrected chi connectivity index (χ3v) is 1.78. The third kappa shape index (κ3) is 22.1. The molecule has 0 aromatic heterocycles. The van der Waals surface area contributed by atoms with Crippen LogP contribution in [0.1, 0.15) is 27.2 Å². The fraction of sp³-hybridized carbons (Fsp3) is 0.211. The molecule has 0 N–H and O–H groups in total. The van der Waals surface area contributed by atoms with Crippen molar-refractivity contribution >= 4 is 0 Å². The molecule has 2 radical (unpaired) electrons. The Labute approximate surface area is 176 Å². The van der Waals surface area contributed by atoms with Gasteiger partial charge >= 0.3 is 17.1 Å². The van der Waals surface area contributed by atoms with Crippen LogP contribution < -0.4 is 0 Å². The molecular formula is C19H28FeNY-2. The minimum Gasteiger partial charge on any atom is -0.743 e. The normalized spacial score (nSPS) is 13.0. The van der Waals surface area contributed by atoms with E-state index in [9.17, 15) is 0 Å². The smallest absolute Gasteiger partial charge is 0.743 e. The Hall–Kier alpha value is -0.137. The molecule has 0 fully saturated rings. The standard InChI is InChI=1S/C14H13N.C2H6.3CH3.Fe.Y/c1-3-7-13(2)10-11-15-12-14-8-5-4-6-9-14;1-2;;;;;/h1,3-7,11-12H,8H2,2H3;1-2H3;3*1H3;;/q-4;;3*-1;+5;. The van der Waals surface area contributed by atoms with Gasteiger partial charge in [-0.3, -0.25) is 25.1 Å². The van der Waals surface area contributed by atoms with Crippen molar-refractivity contribution in [3.8, 4) is 0 Å². The molecule has 0 spiro atoms. The fourth-order valence-electron chi connectivity index (χ4n) is 1.03. The van der Waals surface area contributed by atoms with E-state index >= 15 is 0 Å². The largest absolute Gasteiger partial charge is 5.00 e. The molecule has 0 unspecified atom stereocenters. The fourth-order valence-corrected chi connectivity index (χ4v) is 1.03. The van der Waals surface area contributed by atoms with Gasteiger partial charge in [0, 0.05) is 32.7 Å². The molecule has 1 aliphatic rings. The van der Waals surface area contributed by atoms with Crippen LogP contribution in [-0.4, -0.2) is 0 Å². The van der Waals surface area contributed by atoms with E-state index < -0.39 is 0 Å². The first-order valence-corrected chi connectivity index (χ1v) is 5.77. The van der Waals surface area contributed by atoms with Crippen molar-refractivity contribution in [2.24, 2.45) is 0 Å². The third-order valence-electron chi connectivity index (χ3n) is 1.78. The summed E-state index contributed by atoms with van der Waals surface area (Å²) >= 11 is 0. The molecule has 22 heavy (non-hydrogen) atoms. The zero-order valence-electron chi connectivity index (χ0n) is 14.7. The average molecular weight is 415 g/mol. The van der Waals surface area contributed by atoms with E-state index in [1.54, 1.807) is 18.5 Å². The van der Waals surface area contributed by atoms with E-state index in [0.29, 0.717) is 0 Å². The van der Waals surface area contributed by atoms with Gasteiger partial charge in [-0.2, -0.15) is 23.8 Å². The summed E-state index contributed by atoms with van der Waals surface area (Å²) in [6.45, 7) is 11.1. The summed E-state index contributed by atoms with van der Waals surface area (Å²) < 4.78 is 0. The number of hydrogen-bond acceptors (Lipinski definition) is 0. The molecule has 0 saturated heterocycles. The van der Waals surface area contributed by atoms with Crippen molar-refractivity contribution in [3.63, 3.8) is 0 Å². The van der Waals surface area contributed by atoms with Gasteiger partial charge in [0.15, 0.2) is 0 Å². The zero-order valence-corrected chi connectivity index (χ0v) is 18.6. The summed E-state index contributed by atoms with van der Waals surface area (Å²) in [5.41, 5.74) is 2.02. The van der Waals surface area contributed by atoms with Gasteiger partial charge in [-0.1, -0.05) is 20.8 Å². The van der Waals surface area contributed by atoms with Crippen LogP contribution in [0.15, 0.2) is 53.9 Å². The van der Waals surface area contributed by atoms with Crippen molar-refractivity contribution in [1.29, 1.82) is 0 Å². The molecule has 0 aliphatic heterocycles. The van der Waals surface area contributed by atoms with Crippen molar-refractivity contribution in [1.82, 2.24) is 0 Å². The molecule has 0 aromatic carbocycles. The van der Waals surface area contributed by atoms with Gasteiger partial charge in [-0.25, -0.2) is 17.7 Å². The average Bonchev–Trinajstić information content (AvgIpc) is 2.39. The molecule has 0 aromatic rings. The first kappa shape index (κ1) is 37.8. The molecule has 1 aliphatic carbocycles. The van der Waals surface area contributed by atoms with Crippen LogP contribution in [0, 0.1) is 41.0 Å². The van der Waals surface area contributed by atoms with Gasteiger partial charge in [0.1, 0.15) is 0 Å². The summed E-state index contributed by atoms with van der Waals surface area (Å²) in [6, 6.07) is 0. The van der Waals surface area contributed by atoms with Gasteiger partial charge in [0.2, 0.25) is 0 Å². The van der Waals surface area contributed by atoms with E-state index in [0.717, 1.165) is 17.6 Å². The molecule has 122 valence electrons. The van der Waals surface area contributed by atoms with Crippen molar-refractivity contribution in [2.45, 2.75) is 27.2 Å². The molecule has 0 saturated carbocycles. The summed E-state index contributed by atoms with van der Waals surface area (Å²) in [7, 11) is 0. The van der Waals surface area contributed by atoms with Crippen LogP contribution in [0.5, 0.6) is 0 Å². The summed E-state index contributed by atoms with van der Waals surface area (Å²) in [4.78, 5) is 0. The number of rotatable bonds is 4. The molecule has 0 heterocycles. The second-order valence-corrected chi connectivity index (χ2v) is 3.06. The maximum Gasteiger partial charge on any atom is 5.00 e. The van der Waals surface area contributed by atoms with E-state index in [-0.39, 0.29) is 72.1 Å². The Morgan fingerprint density at radius 3 is 2.36 bits per heavy atom. The Balaban J connectivity index is -0.0000000877. The van der Waals surface area contributed by atoms with Crippen LogP contribution in [0.3, 0.4) is 0 Å². The molecule has 1 nitrogen and oxygen atoms in total. The van der Waals surface area contributed by atoms with Gasteiger partial charge in [0.05, 0.1) is 0 Å². The van der Waals surface area contributed by atoms with Crippen LogP contribution in [0.4, 0.5) is 0 Å². The van der Waals surface area contributed by atoms with Gasteiger partial charge in [0.25, 0.3) is 0 Å². The van der Waals surface area contributed by atoms with E-state index in [2.05, 4.69) is 23.5 Å². The Bertz CT molecular complexity index is 364. The van der Waals surface area contributed by atoms with Crippen LogP contribution in [0.2, 0.25) is 0 Å². The summed E-state index contributed by atoms with van der Waals surface area (Å²) in [6.07, 6.45) is 19.6. The van der Waals surface area contributed by atoms with E-state index in [4.69, 9.17) is 6.58 Å². The molecule has 0 amide bonds. The van der Waals surface area contributed by atoms with Gasteiger partial charge in [-0.05, 0) is 6.42 Å². The summed E-state index contributed by atoms with van der Waals surface area (Å²) in [5.74, 6) is 0. The predicted octanol–water partition coefficient (Wildman–Crippen LogP) is 6.19. The van der Waals surface area contributed by atoms with Gasteiger partial charge in [-0.15, -0.1) is 6.08 Å². The Morgan fingerprint density at radius 1 is 1.32 bits per heavy atom. The molecule has 0 bridgehead atoms. The maximum absolute atomic E-state index is 5.23. The van der Waals surface area contributed by atoms with Crippen LogP contribution in [0.25, 0.3) is 5.32 Å². The Morgan fingerprint density at radius 2 is 1.91 bits per heavy atom. The predicted molar refractivity (Wildman–Crippen MR) is 94.0 cm³/mol. The Kier molecular flexibility index (Phi) is 49.8. The number of allylic oxidation sites excluding steroid dienone is 9. The minimum atomic E-state index is 0. The monoisotopic (exact) mass is 415 g/mol. The molecule has 0 atom stereocenters. The zero-order chi connectivity index (χ0) is 12.9. The van der Waals surface area contributed by atoms with Crippen molar-refractivity contribution in [2.75, 3.05) is 0 Å². The topological polar surface area (TPSA) is 14.1 Å². The number of hydrogen-bond donors (Lipinski definition) is 0. The van der Waals surface area contributed by atoms with Crippen molar-refractivity contribution in [3.05, 3.63) is 100 Å². The summed E-state index contributed by atoms with van der Waals surface area (Å²) in [5, 5.41) is 4.11. The number of nitrogens with zero attached hydrogens (tertiary/aromatic N) is 1. The van der Waals surface area contributed by atoms with E-state index in [1.165, 1.54) is 6.08 Å². The first-order chi connectivity index (χ1) is 8.33. The maximum atomic E-state index is 5.23. The van der Waals surface area contributed by atoms with Crippen molar-refractivity contribution < 1.29 is 49.8 Å². The minimum absolute atomic E-state index is 0. The quantitative estimate of drug-likeness (QED) is 0.296. The molecule has 1 rings (SSSR count). The van der Waals surface area contributed by atoms with Crippen LogP contribution >= 0.6 is 0 Å². The van der Waals surface area contributed by atoms with Crippen LogP contribution in [-0.2, 0) is 49.8 Å². The second kappa shape index (κ2) is 28.9. The second-order valence-electron chi connectivity index (χ2n) is 3.06. The molecule has 3 heteroatoms. The first-order valence-electron chi connectivity index (χ1n) is 5.77. The molecular weight excluding hydrogens is 387 g/mol.